The van der Waals surface area contributed by atoms with Gasteiger partial charge in [0.2, 0.25) is 0 Å². The summed E-state index contributed by atoms with van der Waals surface area (Å²) in [6.45, 7) is 10.5. The third kappa shape index (κ3) is 28.3. The Morgan fingerprint density at radius 3 is 1.90 bits per heavy atom. The van der Waals surface area contributed by atoms with Crippen LogP contribution in [0.4, 0.5) is 0 Å². The smallest absolute Gasteiger partial charge is 0.303 e. The third-order valence-electron chi connectivity index (χ3n) is 0.651. The molecule has 2 heteroatoms. The lowest BCUT2D eigenvalue weighted by atomic mass is 10.4. The first-order valence-electron chi connectivity index (χ1n) is 3.04. The van der Waals surface area contributed by atoms with Gasteiger partial charge in [-0.05, 0) is 6.92 Å². The number of carbonyl (C=O) groups is 1. The maximum atomic E-state index is 9.37. The molecular weight excluding hydrogens is 128 g/mol. The molecular formula is C8H14O2. The number of carboxylic acid groups (broad SMARTS) is 1. The Labute approximate surface area is 61.9 Å². The second-order valence-corrected chi connectivity index (χ2v) is 1.80. The fraction of sp³-hybridized carbons (Fsp3) is 0.375. The van der Waals surface area contributed by atoms with Gasteiger partial charge in [0.25, 0.3) is 0 Å². The van der Waals surface area contributed by atoms with Gasteiger partial charge in [0.15, 0.2) is 0 Å². The zero-order valence-electron chi connectivity index (χ0n) is 6.55. The fourth-order valence-electron chi connectivity index (χ4n) is 0. The summed E-state index contributed by atoms with van der Waals surface area (Å²) in [5, 5.41) is 7.72. The van der Waals surface area contributed by atoms with E-state index >= 15 is 0 Å². The van der Waals surface area contributed by atoms with Crippen molar-refractivity contribution < 1.29 is 9.90 Å². The molecule has 0 aromatic heterocycles. The van der Waals surface area contributed by atoms with Crippen LogP contribution in [0.3, 0.4) is 0 Å². The topological polar surface area (TPSA) is 37.3 Å². The predicted octanol–water partition coefficient (Wildman–Crippen LogP) is 2.23. The van der Waals surface area contributed by atoms with E-state index in [1.165, 1.54) is 0 Å². The molecule has 0 unspecified atom stereocenters. The van der Waals surface area contributed by atoms with E-state index in [4.69, 9.17) is 5.11 Å². The number of allylic oxidation sites excluding steroid dienone is 2. The van der Waals surface area contributed by atoms with E-state index < -0.39 is 5.97 Å². The molecule has 0 spiro atoms. The van der Waals surface area contributed by atoms with Crippen molar-refractivity contribution in [3.8, 4) is 0 Å². The lowest BCUT2D eigenvalue weighted by Gasteiger charge is -1.71. The van der Waals surface area contributed by atoms with Crippen molar-refractivity contribution in [1.82, 2.24) is 0 Å². The van der Waals surface area contributed by atoms with Crippen molar-refractivity contribution in [2.24, 2.45) is 0 Å². The van der Waals surface area contributed by atoms with E-state index in [0.29, 0.717) is 0 Å². The summed E-state index contributed by atoms with van der Waals surface area (Å²) in [4.78, 5) is 9.37. The summed E-state index contributed by atoms with van der Waals surface area (Å²) in [5.74, 6) is -0.745. The van der Waals surface area contributed by atoms with E-state index in [1.807, 2.05) is 6.92 Å². The van der Waals surface area contributed by atoms with Crippen LogP contribution in [0.2, 0.25) is 0 Å². The van der Waals surface area contributed by atoms with Gasteiger partial charge in [-0.3, -0.25) is 4.79 Å². The maximum Gasteiger partial charge on any atom is 0.303 e. The summed E-state index contributed by atoms with van der Waals surface area (Å²) >= 11 is 0. The summed E-state index contributed by atoms with van der Waals surface area (Å²) in [6, 6.07) is 0. The van der Waals surface area contributed by atoms with Gasteiger partial charge < -0.3 is 5.11 Å². The van der Waals surface area contributed by atoms with Crippen LogP contribution in [0, 0.1) is 0 Å². The molecule has 2 nitrogen and oxygen atoms in total. The summed E-state index contributed by atoms with van der Waals surface area (Å²) < 4.78 is 0. The molecule has 0 saturated carbocycles. The van der Waals surface area contributed by atoms with Crippen LogP contribution in [0.1, 0.15) is 20.3 Å². The minimum atomic E-state index is -0.745. The Morgan fingerprint density at radius 1 is 1.70 bits per heavy atom. The van der Waals surface area contributed by atoms with Crippen LogP contribution in [-0.4, -0.2) is 11.1 Å². The molecule has 10 heavy (non-hydrogen) atoms. The number of aliphatic carboxylic acids is 1. The van der Waals surface area contributed by atoms with Gasteiger partial charge in [0.05, 0.1) is 0 Å². The molecule has 0 radical (unpaired) electrons. The normalized spacial score (nSPS) is 7.00. The van der Waals surface area contributed by atoms with Crippen molar-refractivity contribution in [3.05, 3.63) is 24.8 Å². The second-order valence-electron chi connectivity index (χ2n) is 1.80. The zero-order valence-corrected chi connectivity index (χ0v) is 6.55. The molecule has 0 atom stereocenters. The average Bonchev–Trinajstić information content (AvgIpc) is 1.89. The number of hydrogen-bond donors (Lipinski definition) is 1. The third-order valence-corrected chi connectivity index (χ3v) is 0.651. The molecule has 0 fully saturated rings. The molecule has 0 aliphatic rings. The summed E-state index contributed by atoms with van der Waals surface area (Å²) in [6.07, 6.45) is 1.94. The molecule has 0 aromatic rings. The summed E-state index contributed by atoms with van der Waals surface area (Å²) in [7, 11) is 0. The number of carboxylic acids is 1. The standard InChI is InChI=1S/C5H8.C3H6O2/c1-4-5(2)3;1-2-3(4)5/h4H,1-2H2,3H3;2H2,1H3,(H,4,5). The Balaban J connectivity index is 0. The van der Waals surface area contributed by atoms with E-state index in [2.05, 4.69) is 13.2 Å². The van der Waals surface area contributed by atoms with Crippen LogP contribution in [-0.2, 0) is 4.79 Å². The molecule has 0 aromatic carbocycles. The van der Waals surface area contributed by atoms with Gasteiger partial charge in [-0.15, -0.1) is 0 Å². The highest BCUT2D eigenvalue weighted by molar-refractivity contribution is 5.66. The monoisotopic (exact) mass is 142 g/mol. The van der Waals surface area contributed by atoms with E-state index in [9.17, 15) is 4.79 Å². The number of hydrogen-bond acceptors (Lipinski definition) is 1. The van der Waals surface area contributed by atoms with Crippen molar-refractivity contribution >= 4 is 5.97 Å². The average molecular weight is 142 g/mol. The molecule has 0 saturated heterocycles. The van der Waals surface area contributed by atoms with Crippen molar-refractivity contribution in [2.75, 3.05) is 0 Å². The highest BCUT2D eigenvalue weighted by Crippen LogP contribution is 1.81. The van der Waals surface area contributed by atoms with E-state index in [-0.39, 0.29) is 6.42 Å². The first-order chi connectivity index (χ1) is 4.54. The first kappa shape index (κ1) is 11.7. The highest BCUT2D eigenvalue weighted by atomic mass is 16.4. The van der Waals surface area contributed by atoms with Gasteiger partial charge >= 0.3 is 5.97 Å². The molecule has 0 aliphatic carbocycles. The first-order valence-corrected chi connectivity index (χ1v) is 3.04. The summed E-state index contributed by atoms with van der Waals surface area (Å²) in [5.41, 5.74) is 1.02. The minimum absolute atomic E-state index is 0.222. The molecule has 0 heterocycles. The van der Waals surface area contributed by atoms with Gasteiger partial charge in [0, 0.05) is 6.42 Å². The van der Waals surface area contributed by atoms with Gasteiger partial charge in [-0.2, -0.15) is 0 Å². The SMILES string of the molecule is C=CC(=C)C.CCC(=O)O. The minimum Gasteiger partial charge on any atom is -0.481 e. The van der Waals surface area contributed by atoms with Crippen LogP contribution < -0.4 is 0 Å². The molecule has 0 bridgehead atoms. The molecule has 1 N–H and O–H groups in total. The lowest BCUT2D eigenvalue weighted by Crippen LogP contribution is -1.86. The number of rotatable bonds is 2. The fourth-order valence-corrected chi connectivity index (χ4v) is 0. The quantitative estimate of drug-likeness (QED) is 0.600. The molecule has 0 amide bonds. The van der Waals surface area contributed by atoms with Crippen LogP contribution >= 0.6 is 0 Å². The zero-order chi connectivity index (χ0) is 8.57. The van der Waals surface area contributed by atoms with Gasteiger partial charge in [0.1, 0.15) is 0 Å². The maximum absolute atomic E-state index is 9.37. The van der Waals surface area contributed by atoms with Crippen molar-refractivity contribution in [2.45, 2.75) is 20.3 Å². The van der Waals surface area contributed by atoms with E-state index in [1.54, 1.807) is 13.0 Å². The second kappa shape index (κ2) is 7.95. The van der Waals surface area contributed by atoms with Crippen LogP contribution in [0.25, 0.3) is 0 Å². The molecule has 0 rings (SSSR count). The highest BCUT2D eigenvalue weighted by Gasteiger charge is 1.80. The van der Waals surface area contributed by atoms with Crippen LogP contribution in [0.15, 0.2) is 24.8 Å². The Bertz CT molecular complexity index is 125. The molecule has 58 valence electrons. The lowest BCUT2D eigenvalue weighted by molar-refractivity contribution is -0.136. The Hall–Kier alpha value is -1.05. The Kier molecular flexibility index (Phi) is 9.31. The Morgan fingerprint density at radius 2 is 1.90 bits per heavy atom. The van der Waals surface area contributed by atoms with E-state index in [0.717, 1.165) is 5.57 Å². The predicted molar refractivity (Wildman–Crippen MR) is 42.9 cm³/mol. The van der Waals surface area contributed by atoms with Crippen molar-refractivity contribution in [1.29, 1.82) is 0 Å². The molecule has 0 aliphatic heterocycles. The van der Waals surface area contributed by atoms with Gasteiger partial charge in [-0.1, -0.05) is 31.7 Å². The van der Waals surface area contributed by atoms with Crippen LogP contribution in [0.5, 0.6) is 0 Å². The van der Waals surface area contributed by atoms with Crippen molar-refractivity contribution in [3.63, 3.8) is 0 Å². The van der Waals surface area contributed by atoms with Gasteiger partial charge in [-0.25, -0.2) is 0 Å². The largest absolute Gasteiger partial charge is 0.481 e.